The molecule has 0 saturated heterocycles. The van der Waals surface area contributed by atoms with Crippen molar-refractivity contribution in [1.29, 1.82) is 0 Å². The van der Waals surface area contributed by atoms with Gasteiger partial charge in [0.15, 0.2) is 0 Å². The molecule has 0 heterocycles. The van der Waals surface area contributed by atoms with E-state index in [1.807, 2.05) is 45.9 Å². The molecule has 8 heteroatoms. The summed E-state index contributed by atoms with van der Waals surface area (Å²) < 4.78 is 5.23. The molecule has 0 spiro atoms. The minimum absolute atomic E-state index is 0.131. The predicted octanol–water partition coefficient (Wildman–Crippen LogP) is 2.99. The van der Waals surface area contributed by atoms with Crippen molar-refractivity contribution in [2.45, 2.75) is 92.1 Å². The van der Waals surface area contributed by atoms with Gasteiger partial charge in [-0.05, 0) is 67.9 Å². The van der Waals surface area contributed by atoms with Gasteiger partial charge in [-0.1, -0.05) is 29.3 Å². The van der Waals surface area contributed by atoms with Gasteiger partial charge >= 0.3 is 6.09 Å². The van der Waals surface area contributed by atoms with Crippen LogP contribution in [-0.2, 0) is 14.3 Å². The molecule has 0 fully saturated rings. The summed E-state index contributed by atoms with van der Waals surface area (Å²) in [7, 11) is 0. The van der Waals surface area contributed by atoms with Crippen LogP contribution in [0.5, 0.6) is 0 Å². The molecule has 0 saturated carbocycles. The Balaban J connectivity index is 3.41. The van der Waals surface area contributed by atoms with Crippen molar-refractivity contribution >= 4 is 17.9 Å². The number of aryl methyl sites for hydroxylation is 2. The second-order valence-corrected chi connectivity index (χ2v) is 9.71. The molecule has 8 nitrogen and oxygen atoms in total. The van der Waals surface area contributed by atoms with Gasteiger partial charge in [0.1, 0.15) is 17.7 Å². The van der Waals surface area contributed by atoms with E-state index >= 15 is 0 Å². The zero-order valence-electron chi connectivity index (χ0n) is 20.8. The Hall–Kier alpha value is -2.61. The normalized spacial score (nSPS) is 13.5. The van der Waals surface area contributed by atoms with Crippen molar-refractivity contribution in [1.82, 2.24) is 15.5 Å². The molecule has 180 valence electrons. The molecular weight excluding hydrogens is 410 g/mol. The topological polar surface area (TPSA) is 108 Å². The monoisotopic (exact) mass is 449 g/mol. The third-order valence-electron chi connectivity index (χ3n) is 4.50. The summed E-state index contributed by atoms with van der Waals surface area (Å²) in [5, 5.41) is 15.2. The van der Waals surface area contributed by atoms with E-state index < -0.39 is 36.3 Å². The number of aliphatic hydroxyl groups is 1. The van der Waals surface area contributed by atoms with Gasteiger partial charge in [-0.2, -0.15) is 0 Å². The highest BCUT2D eigenvalue weighted by atomic mass is 16.6. The molecule has 0 aromatic heterocycles. The van der Waals surface area contributed by atoms with Gasteiger partial charge in [0, 0.05) is 12.1 Å². The van der Waals surface area contributed by atoms with E-state index in [0.29, 0.717) is 5.56 Å². The number of ether oxygens (including phenoxy) is 1. The van der Waals surface area contributed by atoms with E-state index in [9.17, 15) is 19.5 Å². The third-order valence-corrected chi connectivity index (χ3v) is 4.50. The van der Waals surface area contributed by atoms with Crippen LogP contribution in [0.2, 0.25) is 0 Å². The van der Waals surface area contributed by atoms with E-state index in [1.54, 1.807) is 34.6 Å². The van der Waals surface area contributed by atoms with Crippen LogP contribution in [-0.4, -0.2) is 58.2 Å². The minimum Gasteiger partial charge on any atom is -0.444 e. The standard InChI is InChI=1S/C24H39N3O5/c1-14(2)25-21(29)20(18-11-16(5)10-17(6)12-18)27(15(3)4)22(30)19(13-28)26-23(31)32-24(7,8)9/h10-12,14-15,19-20,28H,13H2,1-9H3,(H,25,29)(H,26,31). The van der Waals surface area contributed by atoms with E-state index in [1.165, 1.54) is 4.90 Å². The lowest BCUT2D eigenvalue weighted by Gasteiger charge is -2.37. The first-order valence-electron chi connectivity index (χ1n) is 11.0. The molecule has 1 rings (SSSR count). The number of nitrogens with zero attached hydrogens (tertiary/aromatic N) is 1. The van der Waals surface area contributed by atoms with Crippen LogP contribution in [0.15, 0.2) is 18.2 Å². The molecule has 3 amide bonds. The lowest BCUT2D eigenvalue weighted by molar-refractivity contribution is -0.145. The molecule has 1 aromatic carbocycles. The molecule has 2 unspecified atom stereocenters. The number of hydrogen-bond donors (Lipinski definition) is 3. The van der Waals surface area contributed by atoms with Crippen molar-refractivity contribution in [3.8, 4) is 0 Å². The average Bonchev–Trinajstić information content (AvgIpc) is 2.60. The summed E-state index contributed by atoms with van der Waals surface area (Å²) in [6, 6.07) is 3.02. The molecule has 0 aliphatic heterocycles. The van der Waals surface area contributed by atoms with Crippen LogP contribution in [0.3, 0.4) is 0 Å². The Bertz CT molecular complexity index is 794. The van der Waals surface area contributed by atoms with Crippen molar-refractivity contribution < 1.29 is 24.2 Å². The summed E-state index contributed by atoms with van der Waals surface area (Å²) in [4.78, 5) is 40.4. The first-order chi connectivity index (χ1) is 14.7. The van der Waals surface area contributed by atoms with E-state index in [-0.39, 0.29) is 18.0 Å². The van der Waals surface area contributed by atoms with Gasteiger partial charge in [-0.15, -0.1) is 0 Å². The largest absolute Gasteiger partial charge is 0.444 e. The number of amides is 3. The number of benzene rings is 1. The fraction of sp³-hybridized carbons (Fsp3) is 0.625. The predicted molar refractivity (Wildman–Crippen MR) is 124 cm³/mol. The van der Waals surface area contributed by atoms with Crippen LogP contribution in [0.25, 0.3) is 0 Å². The van der Waals surface area contributed by atoms with Crippen molar-refractivity contribution in [3.05, 3.63) is 34.9 Å². The average molecular weight is 450 g/mol. The maximum atomic E-state index is 13.5. The number of aliphatic hydroxyl groups excluding tert-OH is 1. The quantitative estimate of drug-likeness (QED) is 0.565. The molecule has 1 aromatic rings. The molecule has 32 heavy (non-hydrogen) atoms. The smallest absolute Gasteiger partial charge is 0.408 e. The lowest BCUT2D eigenvalue weighted by atomic mass is 9.97. The minimum atomic E-state index is -1.26. The number of hydrogen-bond acceptors (Lipinski definition) is 5. The van der Waals surface area contributed by atoms with Crippen LogP contribution in [0.1, 0.15) is 71.2 Å². The highest BCUT2D eigenvalue weighted by Gasteiger charge is 2.37. The molecule has 3 N–H and O–H groups in total. The summed E-state index contributed by atoms with van der Waals surface area (Å²) in [5.41, 5.74) is 1.83. The van der Waals surface area contributed by atoms with Crippen molar-refractivity contribution in [3.63, 3.8) is 0 Å². The number of carbonyl (C=O) groups excluding carboxylic acids is 3. The number of rotatable bonds is 8. The highest BCUT2D eigenvalue weighted by Crippen LogP contribution is 2.27. The maximum Gasteiger partial charge on any atom is 0.408 e. The molecule has 0 aliphatic carbocycles. The first-order valence-corrected chi connectivity index (χ1v) is 11.0. The third kappa shape index (κ3) is 8.15. The Morgan fingerprint density at radius 3 is 1.94 bits per heavy atom. The summed E-state index contributed by atoms with van der Waals surface area (Å²) in [6.07, 6.45) is -0.816. The molecule has 2 atom stereocenters. The SMILES string of the molecule is Cc1cc(C)cc(C(C(=O)NC(C)C)N(C(=O)C(CO)NC(=O)OC(C)(C)C)C(C)C)c1. The van der Waals surface area contributed by atoms with Crippen LogP contribution < -0.4 is 10.6 Å². The second-order valence-electron chi connectivity index (χ2n) is 9.71. The van der Waals surface area contributed by atoms with Gasteiger partial charge in [-0.3, -0.25) is 9.59 Å². The van der Waals surface area contributed by atoms with Crippen molar-refractivity contribution in [2.24, 2.45) is 0 Å². The number of carbonyl (C=O) groups is 3. The summed E-state index contributed by atoms with van der Waals surface area (Å²) >= 11 is 0. The Kier molecular flexibility index (Phi) is 9.70. The van der Waals surface area contributed by atoms with Crippen LogP contribution in [0.4, 0.5) is 4.79 Å². The molecule has 0 aliphatic rings. The summed E-state index contributed by atoms with van der Waals surface area (Å²) in [6.45, 7) is 15.6. The second kappa shape index (κ2) is 11.3. The Morgan fingerprint density at radius 1 is 1.00 bits per heavy atom. The molecular formula is C24H39N3O5. The zero-order valence-corrected chi connectivity index (χ0v) is 20.8. The molecule has 0 radical (unpaired) electrons. The van der Waals surface area contributed by atoms with Crippen LogP contribution >= 0.6 is 0 Å². The number of alkyl carbamates (subject to hydrolysis) is 1. The van der Waals surface area contributed by atoms with E-state index in [0.717, 1.165) is 11.1 Å². The summed E-state index contributed by atoms with van der Waals surface area (Å²) in [5.74, 6) is -0.905. The van der Waals surface area contributed by atoms with Crippen molar-refractivity contribution in [2.75, 3.05) is 6.61 Å². The van der Waals surface area contributed by atoms with E-state index in [4.69, 9.17) is 4.74 Å². The van der Waals surface area contributed by atoms with Crippen LogP contribution in [0, 0.1) is 13.8 Å². The highest BCUT2D eigenvalue weighted by molar-refractivity contribution is 5.92. The van der Waals surface area contributed by atoms with Gasteiger partial charge < -0.3 is 25.4 Å². The Morgan fingerprint density at radius 2 is 1.53 bits per heavy atom. The Labute approximate surface area is 191 Å². The number of nitrogens with one attached hydrogen (secondary N) is 2. The fourth-order valence-corrected chi connectivity index (χ4v) is 3.46. The van der Waals surface area contributed by atoms with Gasteiger partial charge in [0.05, 0.1) is 6.61 Å². The lowest BCUT2D eigenvalue weighted by Crippen LogP contribution is -2.56. The fourth-order valence-electron chi connectivity index (χ4n) is 3.46. The molecule has 0 bridgehead atoms. The maximum absolute atomic E-state index is 13.5. The van der Waals surface area contributed by atoms with E-state index in [2.05, 4.69) is 10.6 Å². The van der Waals surface area contributed by atoms with Gasteiger partial charge in [0.2, 0.25) is 11.8 Å². The zero-order chi connectivity index (χ0) is 24.8. The first kappa shape index (κ1) is 27.4. The van der Waals surface area contributed by atoms with Gasteiger partial charge in [-0.25, -0.2) is 4.79 Å². The van der Waals surface area contributed by atoms with Gasteiger partial charge in [0.25, 0.3) is 0 Å².